The summed E-state index contributed by atoms with van der Waals surface area (Å²) in [7, 11) is 1.67. The van der Waals surface area contributed by atoms with Crippen LogP contribution in [0, 0.1) is 0 Å². The number of nitrogens with one attached hydrogen (secondary N) is 1. The Balaban J connectivity index is 1.55. The lowest BCUT2D eigenvalue weighted by atomic mass is 10.2. The average Bonchev–Trinajstić information content (AvgIpc) is 2.69. The molecule has 0 bridgehead atoms. The largest absolute Gasteiger partial charge is 0.497 e. The molecule has 0 radical (unpaired) electrons. The summed E-state index contributed by atoms with van der Waals surface area (Å²) in [5.74, 6) is 1.31. The van der Waals surface area contributed by atoms with Crippen LogP contribution in [0.2, 0.25) is 5.02 Å². The van der Waals surface area contributed by atoms with Gasteiger partial charge in [0.15, 0.2) is 0 Å². The second kappa shape index (κ2) is 8.38. The lowest BCUT2D eigenvalue weighted by molar-refractivity contribution is -0.120. The van der Waals surface area contributed by atoms with Gasteiger partial charge in [-0.25, -0.2) is 4.98 Å². The van der Waals surface area contributed by atoms with Crippen molar-refractivity contribution in [2.24, 2.45) is 0 Å². The predicted octanol–water partition coefficient (Wildman–Crippen LogP) is 2.89. The van der Waals surface area contributed by atoms with Crippen LogP contribution in [-0.4, -0.2) is 55.1 Å². The molecule has 1 N–H and O–H groups in total. The third-order valence-electron chi connectivity index (χ3n) is 4.64. The van der Waals surface area contributed by atoms with Crippen molar-refractivity contribution in [2.45, 2.75) is 13.0 Å². The van der Waals surface area contributed by atoms with E-state index in [4.69, 9.17) is 16.3 Å². The predicted molar refractivity (Wildman–Crippen MR) is 104 cm³/mol. The molecule has 0 saturated carbocycles. The van der Waals surface area contributed by atoms with Crippen molar-refractivity contribution in [2.75, 3.05) is 43.5 Å². The van der Waals surface area contributed by atoms with Crippen molar-refractivity contribution in [3.8, 4) is 5.75 Å². The second-order valence-electron chi connectivity index (χ2n) is 6.25. The van der Waals surface area contributed by atoms with Crippen LogP contribution < -0.4 is 15.0 Å². The highest BCUT2D eigenvalue weighted by Crippen LogP contribution is 2.22. The van der Waals surface area contributed by atoms with Gasteiger partial charge in [0.05, 0.1) is 18.2 Å². The fourth-order valence-corrected chi connectivity index (χ4v) is 3.13. The van der Waals surface area contributed by atoms with Crippen molar-refractivity contribution < 1.29 is 9.53 Å². The van der Waals surface area contributed by atoms with Crippen LogP contribution in [0.15, 0.2) is 42.6 Å². The second-order valence-corrected chi connectivity index (χ2v) is 6.69. The van der Waals surface area contributed by atoms with Crippen LogP contribution in [0.25, 0.3) is 0 Å². The van der Waals surface area contributed by atoms with Gasteiger partial charge in [-0.1, -0.05) is 17.7 Å². The molecule has 1 aliphatic rings. The molecule has 1 fully saturated rings. The third-order valence-corrected chi connectivity index (χ3v) is 4.86. The van der Waals surface area contributed by atoms with Crippen molar-refractivity contribution in [1.29, 1.82) is 0 Å². The number of rotatable bonds is 5. The zero-order valence-electron chi connectivity index (χ0n) is 15.0. The number of hydrogen-bond acceptors (Lipinski definition) is 5. The smallest absolute Gasteiger partial charge is 0.242 e. The van der Waals surface area contributed by atoms with Gasteiger partial charge in [0, 0.05) is 44.1 Å². The van der Waals surface area contributed by atoms with Gasteiger partial charge in [0.25, 0.3) is 0 Å². The molecule has 3 rings (SSSR count). The van der Waals surface area contributed by atoms with E-state index in [-0.39, 0.29) is 11.9 Å². The van der Waals surface area contributed by atoms with Gasteiger partial charge in [-0.15, -0.1) is 0 Å². The summed E-state index contributed by atoms with van der Waals surface area (Å²) in [5.41, 5.74) is 1.14. The number of benzene rings is 1. The third kappa shape index (κ3) is 4.45. The first-order valence-corrected chi connectivity index (χ1v) is 9.00. The number of carbonyl (C=O) groups excluding carboxylic acids is 1. The fourth-order valence-electron chi connectivity index (χ4n) is 3.02. The van der Waals surface area contributed by atoms with Crippen LogP contribution in [0.5, 0.6) is 5.75 Å². The Kier molecular flexibility index (Phi) is 5.96. The van der Waals surface area contributed by atoms with Crippen molar-refractivity contribution in [3.05, 3.63) is 47.6 Å². The highest BCUT2D eigenvalue weighted by molar-refractivity contribution is 6.30. The number of amides is 1. The molecule has 6 nitrogen and oxygen atoms in total. The van der Waals surface area contributed by atoms with E-state index in [2.05, 4.69) is 26.2 Å². The minimum absolute atomic E-state index is 0.0605. The van der Waals surface area contributed by atoms with E-state index in [1.54, 1.807) is 19.2 Å². The molecule has 1 unspecified atom stereocenters. The molecule has 26 heavy (non-hydrogen) atoms. The van der Waals surface area contributed by atoms with Gasteiger partial charge < -0.3 is 15.0 Å². The quantitative estimate of drug-likeness (QED) is 0.872. The molecule has 138 valence electrons. The van der Waals surface area contributed by atoms with E-state index in [1.807, 2.05) is 25.1 Å². The molecule has 1 saturated heterocycles. The van der Waals surface area contributed by atoms with Gasteiger partial charge in [-0.05, 0) is 31.2 Å². The summed E-state index contributed by atoms with van der Waals surface area (Å²) in [4.78, 5) is 21.1. The minimum Gasteiger partial charge on any atom is -0.497 e. The van der Waals surface area contributed by atoms with Crippen molar-refractivity contribution in [3.63, 3.8) is 0 Å². The lowest BCUT2D eigenvalue weighted by Gasteiger charge is -2.38. The van der Waals surface area contributed by atoms with Crippen molar-refractivity contribution >= 4 is 29.0 Å². The molecule has 1 aromatic heterocycles. The first-order chi connectivity index (χ1) is 12.6. The fraction of sp³-hybridized carbons (Fsp3) is 0.368. The number of carbonyl (C=O) groups is 1. The molecule has 1 aliphatic heterocycles. The van der Waals surface area contributed by atoms with Crippen LogP contribution in [0.1, 0.15) is 6.92 Å². The Morgan fingerprint density at radius 1 is 1.23 bits per heavy atom. The maximum Gasteiger partial charge on any atom is 0.242 e. The number of pyridine rings is 1. The van der Waals surface area contributed by atoms with Crippen molar-refractivity contribution in [1.82, 2.24) is 9.88 Å². The lowest BCUT2D eigenvalue weighted by Crippen LogP contribution is -2.52. The van der Waals surface area contributed by atoms with E-state index in [1.165, 1.54) is 6.20 Å². The van der Waals surface area contributed by atoms with Crippen LogP contribution in [0.3, 0.4) is 0 Å². The summed E-state index contributed by atoms with van der Waals surface area (Å²) in [6.45, 7) is 5.29. The molecule has 7 heteroatoms. The van der Waals surface area contributed by atoms with E-state index >= 15 is 0 Å². The Bertz CT molecular complexity index is 745. The normalized spacial score (nSPS) is 16.2. The minimum atomic E-state index is -0.222. The van der Waals surface area contributed by atoms with E-state index in [0.717, 1.165) is 37.6 Å². The molecule has 1 atom stereocenters. The van der Waals surface area contributed by atoms with Crippen LogP contribution >= 0.6 is 11.6 Å². The number of anilines is 2. The van der Waals surface area contributed by atoms with Gasteiger partial charge in [-0.3, -0.25) is 9.69 Å². The molecule has 1 amide bonds. The summed E-state index contributed by atoms with van der Waals surface area (Å²) >= 11 is 5.82. The molecule has 2 aromatic rings. The van der Waals surface area contributed by atoms with Gasteiger partial charge in [0.2, 0.25) is 5.91 Å². The van der Waals surface area contributed by atoms with E-state index < -0.39 is 0 Å². The first kappa shape index (κ1) is 18.5. The summed E-state index contributed by atoms with van der Waals surface area (Å²) in [6.07, 6.45) is 1.52. The highest BCUT2D eigenvalue weighted by atomic mass is 35.5. The van der Waals surface area contributed by atoms with Gasteiger partial charge in [-0.2, -0.15) is 0 Å². The zero-order valence-corrected chi connectivity index (χ0v) is 15.7. The number of nitrogens with zero attached hydrogens (tertiary/aromatic N) is 3. The zero-order chi connectivity index (χ0) is 18.5. The van der Waals surface area contributed by atoms with Gasteiger partial charge >= 0.3 is 0 Å². The number of hydrogen-bond donors (Lipinski definition) is 1. The number of ether oxygens (including phenoxy) is 1. The monoisotopic (exact) mass is 374 g/mol. The average molecular weight is 375 g/mol. The van der Waals surface area contributed by atoms with Crippen LogP contribution in [0.4, 0.5) is 11.5 Å². The maximum absolute atomic E-state index is 12.5. The van der Waals surface area contributed by atoms with E-state index in [9.17, 15) is 4.79 Å². The van der Waals surface area contributed by atoms with E-state index in [0.29, 0.717) is 10.8 Å². The Labute approximate surface area is 158 Å². The Hall–Kier alpha value is -2.31. The number of aromatic nitrogens is 1. The molecule has 0 aliphatic carbocycles. The maximum atomic E-state index is 12.5. The Morgan fingerprint density at radius 3 is 2.65 bits per heavy atom. The molecule has 1 aromatic carbocycles. The summed E-state index contributed by atoms with van der Waals surface area (Å²) < 4.78 is 5.30. The number of piperazine rings is 1. The molecular formula is C19H23ClN4O2. The number of halogens is 1. The molecule has 0 spiro atoms. The Morgan fingerprint density at radius 2 is 2.00 bits per heavy atom. The standard InChI is InChI=1S/C19H23ClN4O2/c1-14(19(25)22-18-7-6-15(20)13-21-18)23-8-10-24(11-9-23)16-4-3-5-17(12-16)26-2/h3-7,12-14H,8-11H2,1-2H3,(H,21,22,25). The van der Waals surface area contributed by atoms with Gasteiger partial charge in [0.1, 0.15) is 11.6 Å². The SMILES string of the molecule is COc1cccc(N2CCN(C(C)C(=O)Nc3ccc(Cl)cn3)CC2)c1. The number of methoxy groups -OCH3 is 1. The molecule has 2 heterocycles. The highest BCUT2D eigenvalue weighted by Gasteiger charge is 2.26. The topological polar surface area (TPSA) is 57.7 Å². The summed E-state index contributed by atoms with van der Waals surface area (Å²) in [6, 6.07) is 11.3. The summed E-state index contributed by atoms with van der Waals surface area (Å²) in [5, 5.41) is 3.39. The van der Waals surface area contributed by atoms with Crippen LogP contribution in [-0.2, 0) is 4.79 Å². The first-order valence-electron chi connectivity index (χ1n) is 8.62. The molecular weight excluding hydrogens is 352 g/mol.